The first-order chi connectivity index (χ1) is 8.02. The number of rotatable bonds is 3. The quantitative estimate of drug-likeness (QED) is 0.783. The molecule has 4 nitrogen and oxygen atoms in total. The molecule has 4 unspecified atom stereocenters. The lowest BCUT2D eigenvalue weighted by atomic mass is 9.94. The largest absolute Gasteiger partial charge is 0.390 e. The molecule has 2 aliphatic rings. The van der Waals surface area contributed by atoms with E-state index in [9.17, 15) is 13.5 Å². The van der Waals surface area contributed by atoms with E-state index in [-0.39, 0.29) is 17.5 Å². The van der Waals surface area contributed by atoms with Gasteiger partial charge in [-0.3, -0.25) is 0 Å². The highest BCUT2D eigenvalue weighted by Crippen LogP contribution is 2.28. The van der Waals surface area contributed by atoms with Crippen molar-refractivity contribution in [3.63, 3.8) is 0 Å². The molecular weight excluding hydrogens is 258 g/mol. The molecule has 0 amide bonds. The van der Waals surface area contributed by atoms with E-state index in [0.717, 1.165) is 6.42 Å². The lowest BCUT2D eigenvalue weighted by Crippen LogP contribution is -2.50. The van der Waals surface area contributed by atoms with Crippen molar-refractivity contribution in [3.05, 3.63) is 0 Å². The predicted octanol–water partition coefficient (Wildman–Crippen LogP) is 0.408. The minimum absolute atomic E-state index is 0.0820. The fourth-order valence-electron chi connectivity index (χ4n) is 2.83. The second-order valence-electron chi connectivity index (χ2n) is 5.08. The third-order valence-corrected chi connectivity index (χ3v) is 6.64. The first-order valence-corrected chi connectivity index (χ1v) is 9.30. The van der Waals surface area contributed by atoms with Crippen LogP contribution in [0.2, 0.25) is 0 Å². The summed E-state index contributed by atoms with van der Waals surface area (Å²) < 4.78 is 22.9. The van der Waals surface area contributed by atoms with Gasteiger partial charge in [0.2, 0.25) is 0 Å². The fourth-order valence-corrected chi connectivity index (χ4v) is 5.53. The third-order valence-electron chi connectivity index (χ3n) is 3.76. The van der Waals surface area contributed by atoms with Gasteiger partial charge in [-0.2, -0.15) is 11.8 Å². The second-order valence-corrected chi connectivity index (χ2v) is 8.31. The molecule has 0 radical (unpaired) electrons. The maximum Gasteiger partial charge on any atom is 0.154 e. The van der Waals surface area contributed by atoms with E-state index in [2.05, 4.69) is 11.6 Å². The van der Waals surface area contributed by atoms with Crippen molar-refractivity contribution in [2.24, 2.45) is 0 Å². The minimum atomic E-state index is -3.04. The number of sulfone groups is 1. The zero-order valence-corrected chi connectivity index (χ0v) is 11.8. The van der Waals surface area contributed by atoms with Gasteiger partial charge in [0.05, 0.1) is 17.6 Å². The Bertz CT molecular complexity index is 358. The Balaban J connectivity index is 1.96. The summed E-state index contributed by atoms with van der Waals surface area (Å²) in [5, 5.41) is 13.7. The Morgan fingerprint density at radius 1 is 1.18 bits per heavy atom. The molecule has 2 N–H and O–H groups in total. The predicted molar refractivity (Wildman–Crippen MR) is 71.1 cm³/mol. The number of nitrogens with one attached hydrogen (secondary N) is 1. The summed E-state index contributed by atoms with van der Waals surface area (Å²) in [5.74, 6) is 0.00703. The molecule has 1 aliphatic heterocycles. The van der Waals surface area contributed by atoms with Crippen LogP contribution >= 0.6 is 11.8 Å². The van der Waals surface area contributed by atoms with Crippen LogP contribution in [0.1, 0.15) is 25.7 Å². The molecule has 1 saturated heterocycles. The number of thioether (sulfide) groups is 1. The molecule has 17 heavy (non-hydrogen) atoms. The van der Waals surface area contributed by atoms with Crippen molar-refractivity contribution in [2.45, 2.75) is 49.1 Å². The van der Waals surface area contributed by atoms with Gasteiger partial charge in [0.25, 0.3) is 0 Å². The first kappa shape index (κ1) is 13.6. The molecule has 0 spiro atoms. The van der Waals surface area contributed by atoms with E-state index in [0.29, 0.717) is 11.3 Å². The van der Waals surface area contributed by atoms with Gasteiger partial charge in [-0.25, -0.2) is 8.42 Å². The Morgan fingerprint density at radius 3 is 2.47 bits per heavy atom. The zero-order valence-electron chi connectivity index (χ0n) is 10.1. The molecule has 0 aromatic carbocycles. The van der Waals surface area contributed by atoms with E-state index in [1.54, 1.807) is 0 Å². The monoisotopic (exact) mass is 279 g/mol. The third kappa shape index (κ3) is 3.36. The van der Waals surface area contributed by atoms with Crippen LogP contribution in [0, 0.1) is 0 Å². The van der Waals surface area contributed by atoms with Gasteiger partial charge in [-0.1, -0.05) is 12.8 Å². The number of hydrogen-bond donors (Lipinski definition) is 2. The van der Waals surface area contributed by atoms with Crippen LogP contribution in [0.4, 0.5) is 0 Å². The summed E-state index contributed by atoms with van der Waals surface area (Å²) in [7, 11) is -3.04. The van der Waals surface area contributed by atoms with E-state index >= 15 is 0 Å². The van der Waals surface area contributed by atoms with Crippen molar-refractivity contribution < 1.29 is 13.5 Å². The lowest BCUT2D eigenvalue weighted by molar-refractivity contribution is 0.154. The van der Waals surface area contributed by atoms with Crippen LogP contribution in [0.3, 0.4) is 0 Å². The first-order valence-electron chi connectivity index (χ1n) is 6.19. The average Bonchev–Trinajstić information content (AvgIpc) is 2.52. The Morgan fingerprint density at radius 2 is 1.88 bits per heavy atom. The van der Waals surface area contributed by atoms with E-state index in [1.165, 1.54) is 19.3 Å². The topological polar surface area (TPSA) is 66.4 Å². The second kappa shape index (κ2) is 5.47. The average molecular weight is 279 g/mol. The molecule has 0 aromatic heterocycles. The highest BCUT2D eigenvalue weighted by atomic mass is 32.2. The normalized spacial score (nSPS) is 41.5. The summed E-state index contributed by atoms with van der Waals surface area (Å²) >= 11 is 1.84. The fraction of sp³-hybridized carbons (Fsp3) is 1.00. The van der Waals surface area contributed by atoms with Gasteiger partial charge in [-0.05, 0) is 19.1 Å². The maximum atomic E-state index is 11.4. The summed E-state index contributed by atoms with van der Waals surface area (Å²) in [5.41, 5.74) is 0. The molecule has 6 heteroatoms. The van der Waals surface area contributed by atoms with Crippen molar-refractivity contribution in [2.75, 3.05) is 17.8 Å². The summed E-state index contributed by atoms with van der Waals surface area (Å²) in [6.07, 6.45) is 6.11. The number of hydrogen-bond acceptors (Lipinski definition) is 5. The van der Waals surface area contributed by atoms with Crippen molar-refractivity contribution in [3.8, 4) is 0 Å². The smallest absolute Gasteiger partial charge is 0.154 e. The van der Waals surface area contributed by atoms with Crippen LogP contribution < -0.4 is 5.32 Å². The highest BCUT2D eigenvalue weighted by Gasteiger charge is 2.38. The summed E-state index contributed by atoms with van der Waals surface area (Å²) in [4.78, 5) is 0. The van der Waals surface area contributed by atoms with E-state index in [1.807, 2.05) is 11.8 Å². The highest BCUT2D eigenvalue weighted by molar-refractivity contribution is 7.99. The molecule has 2 fully saturated rings. The van der Waals surface area contributed by atoms with Gasteiger partial charge < -0.3 is 10.4 Å². The molecule has 0 bridgehead atoms. The van der Waals surface area contributed by atoms with E-state index in [4.69, 9.17) is 0 Å². The van der Waals surface area contributed by atoms with Gasteiger partial charge in [-0.15, -0.1) is 0 Å². The molecule has 100 valence electrons. The van der Waals surface area contributed by atoms with Gasteiger partial charge in [0.15, 0.2) is 9.84 Å². The summed E-state index contributed by atoms with van der Waals surface area (Å²) in [6.45, 7) is 0. The molecular formula is C11H21NO3S2. The van der Waals surface area contributed by atoms with Crippen LogP contribution in [-0.2, 0) is 9.84 Å². The SMILES string of the molecule is CSC1CCCCC1NC1CS(=O)(=O)CC1O. The molecule has 0 aromatic rings. The molecule has 1 aliphatic carbocycles. The number of aliphatic hydroxyl groups is 1. The Labute approximate surface area is 107 Å². The minimum Gasteiger partial charge on any atom is -0.390 e. The molecule has 2 rings (SSSR count). The zero-order chi connectivity index (χ0) is 12.5. The van der Waals surface area contributed by atoms with Gasteiger partial charge >= 0.3 is 0 Å². The number of aliphatic hydroxyl groups excluding tert-OH is 1. The Kier molecular flexibility index (Phi) is 4.39. The van der Waals surface area contributed by atoms with Crippen LogP contribution in [-0.4, -0.2) is 54.7 Å². The van der Waals surface area contributed by atoms with Crippen LogP contribution in [0.25, 0.3) is 0 Å². The van der Waals surface area contributed by atoms with Gasteiger partial charge in [0, 0.05) is 17.3 Å². The maximum absolute atomic E-state index is 11.4. The van der Waals surface area contributed by atoms with E-state index < -0.39 is 15.9 Å². The summed E-state index contributed by atoms with van der Waals surface area (Å²) in [6, 6.07) is 0.0875. The van der Waals surface area contributed by atoms with Crippen LogP contribution in [0.5, 0.6) is 0 Å². The molecule has 1 saturated carbocycles. The van der Waals surface area contributed by atoms with Gasteiger partial charge in [0.1, 0.15) is 0 Å². The Hall–Kier alpha value is 0.220. The lowest BCUT2D eigenvalue weighted by Gasteiger charge is -2.33. The van der Waals surface area contributed by atoms with Crippen molar-refractivity contribution in [1.82, 2.24) is 5.32 Å². The standard InChI is InChI=1S/C11H21NO3S2/c1-16-11-5-3-2-4-8(11)12-9-6-17(14,15)7-10(9)13/h8-13H,2-7H2,1H3. The van der Waals surface area contributed by atoms with Crippen molar-refractivity contribution >= 4 is 21.6 Å². The van der Waals surface area contributed by atoms with Crippen molar-refractivity contribution in [1.29, 1.82) is 0 Å². The van der Waals surface area contributed by atoms with Crippen LogP contribution in [0.15, 0.2) is 0 Å². The molecule has 4 atom stereocenters. The molecule has 1 heterocycles.